The Morgan fingerprint density at radius 1 is 1.33 bits per heavy atom. The van der Waals surface area contributed by atoms with Crippen LogP contribution in [0.2, 0.25) is 0 Å². The predicted octanol–water partition coefficient (Wildman–Crippen LogP) is 2.95. The van der Waals surface area contributed by atoms with Crippen LogP contribution in [0.3, 0.4) is 0 Å². The summed E-state index contributed by atoms with van der Waals surface area (Å²) in [5.74, 6) is 1.58. The number of benzene rings is 1. The first-order valence-electron chi connectivity index (χ1n) is 7.85. The molecule has 136 valence electrons. The Labute approximate surface area is 154 Å². The molecule has 1 aromatic rings. The molecule has 0 spiro atoms. The maximum Gasteiger partial charge on any atom is 0.224 e. The monoisotopic (exact) mass is 374 g/mol. The molecule has 1 amide bonds. The minimum atomic E-state index is 0. The lowest BCUT2D eigenvalue weighted by molar-refractivity contribution is -0.130. The largest absolute Gasteiger partial charge is 0.493 e. The van der Waals surface area contributed by atoms with Gasteiger partial charge in [0, 0.05) is 31.0 Å². The van der Waals surface area contributed by atoms with Gasteiger partial charge in [-0.2, -0.15) is 0 Å². The molecule has 0 saturated carbocycles. The molecule has 1 unspecified atom stereocenters. The van der Waals surface area contributed by atoms with Gasteiger partial charge < -0.3 is 19.7 Å². The van der Waals surface area contributed by atoms with E-state index in [9.17, 15) is 4.79 Å². The van der Waals surface area contributed by atoms with Crippen LogP contribution in [0.15, 0.2) is 17.0 Å². The van der Waals surface area contributed by atoms with Crippen molar-refractivity contribution in [3.8, 4) is 11.5 Å². The number of ether oxygens (including phenoxy) is 2. The summed E-state index contributed by atoms with van der Waals surface area (Å²) in [6.45, 7) is 1.59. The number of carbonyl (C=O) groups is 1. The van der Waals surface area contributed by atoms with Gasteiger partial charge in [-0.25, -0.2) is 0 Å². The summed E-state index contributed by atoms with van der Waals surface area (Å²) in [7, 11) is 5.12. The SMILES string of the molecule is COc1cc(CN(C)C(=O)CC2CCCN2)c(SC)cc1OC.Cl. The lowest BCUT2D eigenvalue weighted by Crippen LogP contribution is -2.33. The second-order valence-electron chi connectivity index (χ2n) is 5.77. The Morgan fingerprint density at radius 3 is 2.54 bits per heavy atom. The van der Waals surface area contributed by atoms with E-state index in [1.807, 2.05) is 25.4 Å². The van der Waals surface area contributed by atoms with E-state index in [-0.39, 0.29) is 18.3 Å². The Kier molecular flexibility index (Phi) is 8.73. The van der Waals surface area contributed by atoms with Gasteiger partial charge in [0.05, 0.1) is 14.2 Å². The average molecular weight is 375 g/mol. The molecule has 1 aliphatic rings. The number of carbonyl (C=O) groups excluding carboxylic acids is 1. The number of hydrogen-bond donors (Lipinski definition) is 1. The van der Waals surface area contributed by atoms with Crippen LogP contribution < -0.4 is 14.8 Å². The molecule has 7 heteroatoms. The third kappa shape index (κ3) is 5.19. The molecule has 1 saturated heterocycles. The highest BCUT2D eigenvalue weighted by Crippen LogP contribution is 2.35. The van der Waals surface area contributed by atoms with Gasteiger partial charge in [0.15, 0.2) is 11.5 Å². The fraction of sp³-hybridized carbons (Fsp3) is 0.588. The minimum Gasteiger partial charge on any atom is -0.493 e. The molecule has 1 aromatic carbocycles. The number of methoxy groups -OCH3 is 2. The molecule has 24 heavy (non-hydrogen) atoms. The van der Waals surface area contributed by atoms with E-state index in [4.69, 9.17) is 9.47 Å². The van der Waals surface area contributed by atoms with E-state index in [2.05, 4.69) is 5.32 Å². The van der Waals surface area contributed by atoms with Crippen molar-refractivity contribution in [2.45, 2.75) is 36.7 Å². The second-order valence-corrected chi connectivity index (χ2v) is 6.61. The second kappa shape index (κ2) is 10.0. The molecule has 0 radical (unpaired) electrons. The summed E-state index contributed by atoms with van der Waals surface area (Å²) in [4.78, 5) is 15.3. The van der Waals surface area contributed by atoms with E-state index >= 15 is 0 Å². The first-order valence-corrected chi connectivity index (χ1v) is 9.07. The van der Waals surface area contributed by atoms with E-state index < -0.39 is 0 Å². The van der Waals surface area contributed by atoms with Gasteiger partial charge >= 0.3 is 0 Å². The molecular weight excluding hydrogens is 348 g/mol. The van der Waals surface area contributed by atoms with Crippen molar-refractivity contribution in [2.24, 2.45) is 0 Å². The molecule has 5 nitrogen and oxygen atoms in total. The first-order chi connectivity index (χ1) is 11.1. The van der Waals surface area contributed by atoms with Crippen molar-refractivity contribution in [3.05, 3.63) is 17.7 Å². The van der Waals surface area contributed by atoms with E-state index in [1.165, 1.54) is 0 Å². The van der Waals surface area contributed by atoms with Crippen LogP contribution in [0.5, 0.6) is 11.5 Å². The molecule has 1 aliphatic heterocycles. The van der Waals surface area contributed by atoms with Crippen LogP contribution in [-0.4, -0.2) is 50.9 Å². The van der Waals surface area contributed by atoms with E-state index in [0.717, 1.165) is 29.8 Å². The van der Waals surface area contributed by atoms with Gasteiger partial charge in [0.25, 0.3) is 0 Å². The number of halogens is 1. The van der Waals surface area contributed by atoms with Crippen molar-refractivity contribution in [1.82, 2.24) is 10.2 Å². The number of hydrogen-bond acceptors (Lipinski definition) is 5. The normalized spacial score (nSPS) is 16.4. The van der Waals surface area contributed by atoms with Crippen LogP contribution >= 0.6 is 24.2 Å². The van der Waals surface area contributed by atoms with Crippen molar-refractivity contribution in [1.29, 1.82) is 0 Å². The maximum atomic E-state index is 12.4. The highest BCUT2D eigenvalue weighted by Gasteiger charge is 2.21. The van der Waals surface area contributed by atoms with Crippen LogP contribution in [-0.2, 0) is 11.3 Å². The zero-order valence-electron chi connectivity index (χ0n) is 14.8. The maximum absolute atomic E-state index is 12.4. The van der Waals surface area contributed by atoms with Gasteiger partial charge in [0.2, 0.25) is 5.91 Å². The van der Waals surface area contributed by atoms with Crippen molar-refractivity contribution < 1.29 is 14.3 Å². The number of thioether (sulfide) groups is 1. The Hall–Kier alpha value is -1.11. The van der Waals surface area contributed by atoms with Crippen LogP contribution in [0.25, 0.3) is 0 Å². The molecule has 1 N–H and O–H groups in total. The van der Waals surface area contributed by atoms with Gasteiger partial charge in [0.1, 0.15) is 0 Å². The van der Waals surface area contributed by atoms with Crippen molar-refractivity contribution >= 4 is 30.1 Å². The highest BCUT2D eigenvalue weighted by molar-refractivity contribution is 7.98. The van der Waals surface area contributed by atoms with E-state index in [0.29, 0.717) is 30.5 Å². The third-order valence-electron chi connectivity index (χ3n) is 4.20. The fourth-order valence-corrected chi connectivity index (χ4v) is 3.47. The zero-order valence-corrected chi connectivity index (χ0v) is 16.4. The summed E-state index contributed by atoms with van der Waals surface area (Å²) < 4.78 is 10.7. The first kappa shape index (κ1) is 20.9. The van der Waals surface area contributed by atoms with Gasteiger partial charge in [-0.1, -0.05) is 0 Å². The summed E-state index contributed by atoms with van der Waals surface area (Å²) in [5, 5.41) is 3.37. The summed E-state index contributed by atoms with van der Waals surface area (Å²) in [5.41, 5.74) is 1.07. The predicted molar refractivity (Wildman–Crippen MR) is 101 cm³/mol. The molecule has 0 aromatic heterocycles. The molecular formula is C17H27ClN2O3S. The number of nitrogens with one attached hydrogen (secondary N) is 1. The Balaban J connectivity index is 0.00000288. The highest BCUT2D eigenvalue weighted by atomic mass is 35.5. The van der Waals surface area contributed by atoms with E-state index in [1.54, 1.807) is 30.9 Å². The Bertz CT molecular complexity index is 551. The molecule has 0 bridgehead atoms. The van der Waals surface area contributed by atoms with Crippen LogP contribution in [0.4, 0.5) is 0 Å². The minimum absolute atomic E-state index is 0. The smallest absolute Gasteiger partial charge is 0.224 e. The van der Waals surface area contributed by atoms with Crippen molar-refractivity contribution in [3.63, 3.8) is 0 Å². The quantitative estimate of drug-likeness (QED) is 0.743. The van der Waals surface area contributed by atoms with Crippen LogP contribution in [0.1, 0.15) is 24.8 Å². The standard InChI is InChI=1S/C17H26N2O3S.ClH/c1-19(17(20)9-13-6-5-7-18-13)11-12-8-14(21-2)15(22-3)10-16(12)23-4;/h8,10,13,18H,5-7,9,11H2,1-4H3;1H. The molecule has 2 rings (SSSR count). The van der Waals surface area contributed by atoms with Gasteiger partial charge in [-0.15, -0.1) is 24.2 Å². The molecule has 1 heterocycles. The lowest BCUT2D eigenvalue weighted by Gasteiger charge is -2.22. The average Bonchev–Trinajstić information content (AvgIpc) is 3.07. The number of rotatable bonds is 7. The zero-order chi connectivity index (χ0) is 16.8. The summed E-state index contributed by atoms with van der Waals surface area (Å²) in [6.07, 6.45) is 4.84. The van der Waals surface area contributed by atoms with Crippen LogP contribution in [0, 0.1) is 0 Å². The number of amides is 1. The fourth-order valence-electron chi connectivity index (χ4n) is 2.86. The van der Waals surface area contributed by atoms with Gasteiger partial charge in [-0.3, -0.25) is 4.79 Å². The molecule has 0 aliphatic carbocycles. The third-order valence-corrected chi connectivity index (χ3v) is 5.02. The topological polar surface area (TPSA) is 50.8 Å². The lowest BCUT2D eigenvalue weighted by atomic mass is 10.1. The Morgan fingerprint density at radius 2 is 2.00 bits per heavy atom. The molecule has 1 fully saturated rings. The summed E-state index contributed by atoms with van der Waals surface area (Å²) >= 11 is 1.64. The summed E-state index contributed by atoms with van der Waals surface area (Å²) in [6, 6.07) is 4.26. The molecule has 1 atom stereocenters. The number of nitrogens with zero attached hydrogens (tertiary/aromatic N) is 1. The van der Waals surface area contributed by atoms with Gasteiger partial charge in [-0.05, 0) is 43.3 Å². The van der Waals surface area contributed by atoms with Crippen molar-refractivity contribution in [2.75, 3.05) is 34.1 Å².